The van der Waals surface area contributed by atoms with Gasteiger partial charge in [-0.15, -0.1) is 0 Å². The average Bonchev–Trinajstić information content (AvgIpc) is 2.69. The molecule has 2 heterocycles. The van der Waals surface area contributed by atoms with Crippen LogP contribution in [-0.4, -0.2) is 22.1 Å². The number of para-hydroxylation sites is 1. The van der Waals surface area contributed by atoms with E-state index >= 15 is 0 Å². The second-order valence-corrected chi connectivity index (χ2v) is 4.82. The van der Waals surface area contributed by atoms with Gasteiger partial charge in [-0.2, -0.15) is 0 Å². The first-order valence-electron chi connectivity index (χ1n) is 6.36. The number of aromatic nitrogens is 2. The fourth-order valence-electron chi connectivity index (χ4n) is 2.65. The van der Waals surface area contributed by atoms with Crippen LogP contribution in [0.1, 0.15) is 19.3 Å². The molecule has 1 aliphatic rings. The molecule has 3 rings (SSSR count). The molecule has 0 aliphatic carbocycles. The minimum Gasteiger partial charge on any atom is -0.312 e. The van der Waals surface area contributed by atoms with E-state index in [4.69, 9.17) is 0 Å². The van der Waals surface area contributed by atoms with E-state index in [2.05, 4.69) is 10.3 Å². The van der Waals surface area contributed by atoms with Gasteiger partial charge in [-0.25, -0.2) is 9.18 Å². The molecule has 1 saturated heterocycles. The number of imidazole rings is 1. The maximum atomic E-state index is 13.8. The molecular weight excluding hydrogens is 233 g/mol. The van der Waals surface area contributed by atoms with Crippen LogP contribution in [0.2, 0.25) is 0 Å². The quantitative estimate of drug-likeness (QED) is 0.849. The van der Waals surface area contributed by atoms with Gasteiger partial charge in [0.2, 0.25) is 0 Å². The zero-order valence-corrected chi connectivity index (χ0v) is 10.1. The van der Waals surface area contributed by atoms with E-state index in [-0.39, 0.29) is 17.5 Å². The van der Waals surface area contributed by atoms with Crippen LogP contribution < -0.4 is 11.0 Å². The lowest BCUT2D eigenvalue weighted by Gasteiger charge is -2.23. The van der Waals surface area contributed by atoms with Crippen molar-refractivity contribution < 1.29 is 4.39 Å². The fraction of sp³-hybridized carbons (Fsp3) is 0.462. The molecule has 0 saturated carbocycles. The summed E-state index contributed by atoms with van der Waals surface area (Å²) in [6, 6.07) is 4.98. The SMILES string of the molecule is O=c1[nH]c2cccc(F)c2n1CC1CCCCN1. The van der Waals surface area contributed by atoms with Gasteiger partial charge in [-0.05, 0) is 31.5 Å². The van der Waals surface area contributed by atoms with Crippen LogP contribution >= 0.6 is 0 Å². The van der Waals surface area contributed by atoms with Crippen LogP contribution in [0.15, 0.2) is 23.0 Å². The number of hydrogen-bond acceptors (Lipinski definition) is 2. The van der Waals surface area contributed by atoms with Crippen LogP contribution in [0.4, 0.5) is 4.39 Å². The van der Waals surface area contributed by atoms with Crippen molar-refractivity contribution in [1.82, 2.24) is 14.9 Å². The lowest BCUT2D eigenvalue weighted by Crippen LogP contribution is -2.39. The van der Waals surface area contributed by atoms with Gasteiger partial charge < -0.3 is 10.3 Å². The topological polar surface area (TPSA) is 49.8 Å². The zero-order chi connectivity index (χ0) is 12.5. The fourth-order valence-corrected chi connectivity index (χ4v) is 2.65. The van der Waals surface area contributed by atoms with E-state index in [0.717, 1.165) is 19.4 Å². The van der Waals surface area contributed by atoms with Gasteiger partial charge in [-0.1, -0.05) is 12.5 Å². The van der Waals surface area contributed by atoms with Gasteiger partial charge in [0, 0.05) is 12.6 Å². The molecule has 2 aromatic rings. The standard InChI is InChI=1S/C13H16FN3O/c14-10-5-3-6-11-12(10)17(13(18)16-11)8-9-4-1-2-7-15-9/h3,5-6,9,15H,1-2,4,7-8H2,(H,16,18). The molecule has 2 N–H and O–H groups in total. The number of halogens is 1. The normalized spacial score (nSPS) is 20.4. The summed E-state index contributed by atoms with van der Waals surface area (Å²) in [5.74, 6) is -0.346. The summed E-state index contributed by atoms with van der Waals surface area (Å²) < 4.78 is 15.3. The van der Waals surface area contributed by atoms with E-state index in [1.807, 2.05) is 0 Å². The van der Waals surface area contributed by atoms with Gasteiger partial charge in [0.05, 0.1) is 5.52 Å². The first-order chi connectivity index (χ1) is 8.75. The van der Waals surface area contributed by atoms with Crippen LogP contribution in [-0.2, 0) is 6.54 Å². The van der Waals surface area contributed by atoms with Crippen molar-refractivity contribution in [1.29, 1.82) is 0 Å². The summed E-state index contributed by atoms with van der Waals surface area (Å²) in [5.41, 5.74) is 0.716. The molecule has 18 heavy (non-hydrogen) atoms. The van der Waals surface area contributed by atoms with E-state index < -0.39 is 0 Å². The van der Waals surface area contributed by atoms with Gasteiger partial charge in [0.1, 0.15) is 11.3 Å². The Bertz CT molecular complexity index is 610. The van der Waals surface area contributed by atoms with Crippen molar-refractivity contribution in [2.75, 3.05) is 6.54 Å². The van der Waals surface area contributed by atoms with Crippen LogP contribution in [0, 0.1) is 5.82 Å². The number of aromatic amines is 1. The predicted octanol–water partition coefficient (Wildman–Crippen LogP) is 1.61. The Labute approximate surface area is 104 Å². The number of hydrogen-bond donors (Lipinski definition) is 2. The Morgan fingerprint density at radius 2 is 2.28 bits per heavy atom. The lowest BCUT2D eigenvalue weighted by atomic mass is 10.1. The molecule has 1 unspecified atom stereocenters. The highest BCUT2D eigenvalue weighted by molar-refractivity contribution is 5.75. The van der Waals surface area contributed by atoms with Crippen molar-refractivity contribution >= 4 is 11.0 Å². The van der Waals surface area contributed by atoms with Crippen LogP contribution in [0.3, 0.4) is 0 Å². The maximum absolute atomic E-state index is 13.8. The molecule has 1 aromatic carbocycles. The molecule has 1 fully saturated rings. The average molecular weight is 249 g/mol. The van der Waals surface area contributed by atoms with Crippen molar-refractivity contribution in [3.8, 4) is 0 Å². The van der Waals surface area contributed by atoms with Crippen molar-refractivity contribution in [2.45, 2.75) is 31.8 Å². The second-order valence-electron chi connectivity index (χ2n) is 4.82. The van der Waals surface area contributed by atoms with Gasteiger partial charge in [0.25, 0.3) is 0 Å². The number of fused-ring (bicyclic) bond motifs is 1. The summed E-state index contributed by atoms with van der Waals surface area (Å²) in [4.78, 5) is 14.6. The Balaban J connectivity index is 2.00. The monoisotopic (exact) mass is 249 g/mol. The highest BCUT2D eigenvalue weighted by Crippen LogP contribution is 2.16. The molecule has 1 aliphatic heterocycles. The number of H-pyrrole nitrogens is 1. The van der Waals surface area contributed by atoms with Gasteiger partial charge >= 0.3 is 5.69 Å². The third-order valence-corrected chi connectivity index (χ3v) is 3.56. The molecular formula is C13H16FN3O. The Morgan fingerprint density at radius 3 is 3.06 bits per heavy atom. The third kappa shape index (κ3) is 1.95. The smallest absolute Gasteiger partial charge is 0.312 e. The minimum absolute atomic E-state index is 0.234. The van der Waals surface area contributed by atoms with Crippen molar-refractivity contribution in [2.24, 2.45) is 0 Å². The third-order valence-electron chi connectivity index (χ3n) is 3.56. The molecule has 5 heteroatoms. The summed E-state index contributed by atoms with van der Waals surface area (Å²) in [6.07, 6.45) is 3.37. The molecule has 0 spiro atoms. The number of nitrogens with zero attached hydrogens (tertiary/aromatic N) is 1. The van der Waals surface area contributed by atoms with Crippen LogP contribution in [0.5, 0.6) is 0 Å². The summed E-state index contributed by atoms with van der Waals surface area (Å²) in [7, 11) is 0. The Morgan fingerprint density at radius 1 is 1.39 bits per heavy atom. The van der Waals surface area contributed by atoms with Crippen LogP contribution in [0.25, 0.3) is 11.0 Å². The van der Waals surface area contributed by atoms with E-state index in [9.17, 15) is 9.18 Å². The molecule has 0 bridgehead atoms. The lowest BCUT2D eigenvalue weighted by molar-refractivity contribution is 0.362. The largest absolute Gasteiger partial charge is 0.326 e. The number of rotatable bonds is 2. The minimum atomic E-state index is -0.346. The number of piperidine rings is 1. The van der Waals surface area contributed by atoms with Crippen molar-refractivity contribution in [3.05, 3.63) is 34.5 Å². The number of nitrogens with one attached hydrogen (secondary N) is 2. The summed E-state index contributed by atoms with van der Waals surface area (Å²) in [5, 5.41) is 3.37. The molecule has 0 radical (unpaired) electrons. The second kappa shape index (κ2) is 4.57. The van der Waals surface area contributed by atoms with Crippen molar-refractivity contribution in [3.63, 3.8) is 0 Å². The maximum Gasteiger partial charge on any atom is 0.326 e. The van der Waals surface area contributed by atoms with Gasteiger partial charge in [0.15, 0.2) is 0 Å². The zero-order valence-electron chi connectivity index (χ0n) is 10.1. The Hall–Kier alpha value is -1.62. The van der Waals surface area contributed by atoms with E-state index in [0.29, 0.717) is 17.6 Å². The first kappa shape index (κ1) is 11.5. The molecule has 96 valence electrons. The summed E-state index contributed by atoms with van der Waals surface area (Å²) >= 11 is 0. The van der Waals surface area contributed by atoms with E-state index in [1.54, 1.807) is 12.1 Å². The number of benzene rings is 1. The molecule has 1 atom stereocenters. The molecule has 0 amide bonds. The highest BCUT2D eigenvalue weighted by Gasteiger charge is 2.17. The summed E-state index contributed by atoms with van der Waals surface area (Å²) in [6.45, 7) is 1.50. The molecule has 1 aromatic heterocycles. The first-order valence-corrected chi connectivity index (χ1v) is 6.36. The molecule has 4 nitrogen and oxygen atoms in total. The Kier molecular flexibility index (Phi) is 2.91. The van der Waals surface area contributed by atoms with Gasteiger partial charge in [-0.3, -0.25) is 4.57 Å². The predicted molar refractivity (Wildman–Crippen MR) is 68.2 cm³/mol. The van der Waals surface area contributed by atoms with E-state index in [1.165, 1.54) is 17.1 Å². The highest BCUT2D eigenvalue weighted by atomic mass is 19.1.